The van der Waals surface area contributed by atoms with Crippen LogP contribution in [0.25, 0.3) is 10.9 Å². The lowest BCUT2D eigenvalue weighted by Crippen LogP contribution is -2.25. The highest BCUT2D eigenvalue weighted by molar-refractivity contribution is 5.81. The van der Waals surface area contributed by atoms with E-state index in [1.54, 1.807) is 26.4 Å². The number of aryl methyl sites for hydroxylation is 2. The lowest BCUT2D eigenvalue weighted by atomic mass is 10.1. The van der Waals surface area contributed by atoms with Crippen molar-refractivity contribution in [3.8, 4) is 11.5 Å². The molecule has 0 unspecified atom stereocenters. The Bertz CT molecular complexity index is 1040. The van der Waals surface area contributed by atoms with Crippen LogP contribution in [0.1, 0.15) is 29.4 Å². The van der Waals surface area contributed by atoms with E-state index in [1.165, 1.54) is 16.7 Å². The predicted octanol–water partition coefficient (Wildman–Crippen LogP) is 3.58. The van der Waals surface area contributed by atoms with Gasteiger partial charge in [-0.05, 0) is 37.6 Å². The van der Waals surface area contributed by atoms with Gasteiger partial charge >= 0.3 is 0 Å². The number of nitrogens with zero attached hydrogens (tertiary/aromatic N) is 2. The topological polar surface area (TPSA) is 67.5 Å². The summed E-state index contributed by atoms with van der Waals surface area (Å²) < 4.78 is 10.6. The lowest BCUT2D eigenvalue weighted by Gasteiger charge is -2.21. The fraction of sp³-hybridized carbons (Fsp3) is 0.364. The quantitative estimate of drug-likeness (QED) is 0.678. The maximum absolute atomic E-state index is 12.6. The minimum atomic E-state index is -0.177. The van der Waals surface area contributed by atoms with Crippen molar-refractivity contribution in [3.05, 3.63) is 63.2 Å². The molecular formula is C22H27N3O3. The van der Waals surface area contributed by atoms with E-state index < -0.39 is 0 Å². The second-order valence-electron chi connectivity index (χ2n) is 6.97. The van der Waals surface area contributed by atoms with Crippen LogP contribution >= 0.6 is 0 Å². The fourth-order valence-corrected chi connectivity index (χ4v) is 3.29. The van der Waals surface area contributed by atoms with Crippen LogP contribution < -0.4 is 15.0 Å². The first-order valence-electron chi connectivity index (χ1n) is 9.38. The Morgan fingerprint density at radius 1 is 1.04 bits per heavy atom. The Labute approximate surface area is 165 Å². The average molecular weight is 381 g/mol. The number of methoxy groups -OCH3 is 2. The van der Waals surface area contributed by atoms with E-state index in [-0.39, 0.29) is 5.56 Å². The van der Waals surface area contributed by atoms with E-state index >= 15 is 0 Å². The zero-order valence-corrected chi connectivity index (χ0v) is 17.1. The Balaban J connectivity index is 1.91. The van der Waals surface area contributed by atoms with Crippen LogP contribution in [0.5, 0.6) is 11.5 Å². The molecular weight excluding hydrogens is 354 g/mol. The molecule has 3 rings (SSSR count). The number of aromatic nitrogens is 2. The van der Waals surface area contributed by atoms with Crippen molar-refractivity contribution < 1.29 is 9.47 Å². The van der Waals surface area contributed by atoms with Crippen molar-refractivity contribution in [2.45, 2.75) is 33.9 Å². The molecule has 0 saturated heterocycles. The summed E-state index contributed by atoms with van der Waals surface area (Å²) in [5.41, 5.74) is 4.22. The number of nitrogens with one attached hydrogen (secondary N) is 1. The van der Waals surface area contributed by atoms with E-state index in [9.17, 15) is 4.79 Å². The van der Waals surface area contributed by atoms with Crippen LogP contribution in [0, 0.1) is 13.8 Å². The predicted molar refractivity (Wildman–Crippen MR) is 111 cm³/mol. The van der Waals surface area contributed by atoms with Crippen molar-refractivity contribution in [2.75, 3.05) is 20.8 Å². The molecule has 28 heavy (non-hydrogen) atoms. The van der Waals surface area contributed by atoms with E-state index in [2.05, 4.69) is 53.8 Å². The maximum atomic E-state index is 12.6. The minimum Gasteiger partial charge on any atom is -0.493 e. The van der Waals surface area contributed by atoms with Crippen LogP contribution in [0.2, 0.25) is 0 Å². The van der Waals surface area contributed by atoms with Crippen molar-refractivity contribution in [2.24, 2.45) is 0 Å². The molecule has 0 spiro atoms. The summed E-state index contributed by atoms with van der Waals surface area (Å²) in [5, 5.41) is 0.485. The summed E-state index contributed by atoms with van der Waals surface area (Å²) in [6, 6.07) is 9.89. The Morgan fingerprint density at radius 3 is 2.43 bits per heavy atom. The van der Waals surface area contributed by atoms with Crippen LogP contribution in [-0.2, 0) is 13.1 Å². The Hall–Kier alpha value is -2.86. The highest BCUT2D eigenvalue weighted by Crippen LogP contribution is 2.30. The van der Waals surface area contributed by atoms with Crippen molar-refractivity contribution >= 4 is 10.9 Å². The van der Waals surface area contributed by atoms with Gasteiger partial charge in [0.15, 0.2) is 11.5 Å². The highest BCUT2D eigenvalue weighted by atomic mass is 16.5. The smallest absolute Gasteiger partial charge is 0.258 e. The number of aromatic amines is 1. The van der Waals surface area contributed by atoms with E-state index in [4.69, 9.17) is 9.47 Å². The molecule has 1 aromatic heterocycles. The number of hydrogen-bond donors (Lipinski definition) is 1. The van der Waals surface area contributed by atoms with Crippen molar-refractivity contribution in [3.63, 3.8) is 0 Å². The monoisotopic (exact) mass is 381 g/mol. The molecule has 0 aliphatic rings. The molecule has 0 radical (unpaired) electrons. The van der Waals surface area contributed by atoms with Crippen molar-refractivity contribution in [1.29, 1.82) is 0 Å². The second-order valence-corrected chi connectivity index (χ2v) is 6.97. The van der Waals surface area contributed by atoms with Gasteiger partial charge in [-0.3, -0.25) is 9.69 Å². The Morgan fingerprint density at radius 2 is 1.75 bits per heavy atom. The van der Waals surface area contributed by atoms with Gasteiger partial charge in [-0.25, -0.2) is 4.98 Å². The SMILES string of the molecule is CCN(Cc1nc2cc(OC)c(OC)cc2c(=O)[nH]1)Cc1cc(C)ccc1C. The molecule has 0 bridgehead atoms. The summed E-state index contributed by atoms with van der Waals surface area (Å²) in [7, 11) is 3.12. The summed E-state index contributed by atoms with van der Waals surface area (Å²) in [5.74, 6) is 1.71. The van der Waals surface area contributed by atoms with Gasteiger partial charge in [0, 0.05) is 12.6 Å². The lowest BCUT2D eigenvalue weighted by molar-refractivity contribution is 0.264. The van der Waals surface area contributed by atoms with E-state index in [0.717, 1.165) is 13.1 Å². The number of rotatable bonds is 7. The van der Waals surface area contributed by atoms with Gasteiger partial charge < -0.3 is 14.5 Å². The first kappa shape index (κ1) is 19.9. The van der Waals surface area contributed by atoms with E-state index in [0.29, 0.717) is 34.8 Å². The molecule has 0 amide bonds. The first-order chi connectivity index (χ1) is 13.4. The third-order valence-corrected chi connectivity index (χ3v) is 4.98. The first-order valence-corrected chi connectivity index (χ1v) is 9.38. The van der Waals surface area contributed by atoms with Crippen LogP contribution in [0.4, 0.5) is 0 Å². The fourth-order valence-electron chi connectivity index (χ4n) is 3.29. The van der Waals surface area contributed by atoms with Gasteiger partial charge in [-0.1, -0.05) is 30.7 Å². The zero-order valence-electron chi connectivity index (χ0n) is 17.1. The summed E-state index contributed by atoms with van der Waals surface area (Å²) >= 11 is 0. The van der Waals surface area contributed by atoms with E-state index in [1.807, 2.05) is 0 Å². The van der Waals surface area contributed by atoms with Crippen LogP contribution in [0.3, 0.4) is 0 Å². The summed E-state index contributed by atoms with van der Waals surface area (Å²) in [6.45, 7) is 8.54. The molecule has 0 aliphatic heterocycles. The van der Waals surface area contributed by atoms with Gasteiger partial charge in [-0.15, -0.1) is 0 Å². The van der Waals surface area contributed by atoms with Gasteiger partial charge in [-0.2, -0.15) is 0 Å². The molecule has 0 atom stereocenters. The molecule has 1 heterocycles. The van der Waals surface area contributed by atoms with Crippen molar-refractivity contribution in [1.82, 2.24) is 14.9 Å². The standard InChI is InChI=1S/C22H27N3O3/c1-6-25(12-16-9-14(2)7-8-15(16)3)13-21-23-18-11-20(28-5)19(27-4)10-17(18)22(26)24-21/h7-11H,6,12-13H2,1-5H3,(H,23,24,26). The largest absolute Gasteiger partial charge is 0.493 e. The van der Waals surface area contributed by atoms with Crippen LogP contribution in [-0.4, -0.2) is 35.6 Å². The summed E-state index contributed by atoms with van der Waals surface area (Å²) in [6.07, 6.45) is 0. The van der Waals surface area contributed by atoms with Gasteiger partial charge in [0.25, 0.3) is 5.56 Å². The molecule has 2 aromatic carbocycles. The third kappa shape index (κ3) is 4.17. The van der Waals surface area contributed by atoms with Gasteiger partial charge in [0.1, 0.15) is 5.82 Å². The number of ether oxygens (including phenoxy) is 2. The van der Waals surface area contributed by atoms with Gasteiger partial charge in [0.2, 0.25) is 0 Å². The normalized spacial score (nSPS) is 11.2. The third-order valence-electron chi connectivity index (χ3n) is 4.98. The molecule has 6 heteroatoms. The molecule has 1 N–H and O–H groups in total. The minimum absolute atomic E-state index is 0.177. The van der Waals surface area contributed by atoms with Gasteiger partial charge in [0.05, 0.1) is 31.7 Å². The second kappa shape index (κ2) is 8.44. The maximum Gasteiger partial charge on any atom is 0.258 e. The molecule has 3 aromatic rings. The Kier molecular flexibility index (Phi) is 5.99. The molecule has 0 saturated carbocycles. The average Bonchev–Trinajstić information content (AvgIpc) is 2.69. The highest BCUT2D eigenvalue weighted by Gasteiger charge is 2.13. The number of fused-ring (bicyclic) bond motifs is 1. The number of hydrogen-bond acceptors (Lipinski definition) is 5. The van der Waals surface area contributed by atoms with Crippen LogP contribution in [0.15, 0.2) is 35.1 Å². The number of H-pyrrole nitrogens is 1. The molecule has 0 fully saturated rings. The molecule has 148 valence electrons. The molecule has 6 nitrogen and oxygen atoms in total. The number of benzene rings is 2. The molecule has 0 aliphatic carbocycles. The zero-order chi connectivity index (χ0) is 20.3. The summed E-state index contributed by atoms with van der Waals surface area (Å²) in [4.78, 5) is 22.4.